The van der Waals surface area contributed by atoms with E-state index in [1.165, 1.54) is 12.1 Å². The van der Waals surface area contributed by atoms with Crippen molar-refractivity contribution in [3.63, 3.8) is 0 Å². The standard InChI is InChI=1S/C45H56F3NO7/c1-28-9-7-18-41(4)36(34-16-14-29(23-32(50)15-13-28)24-35(34)37(51)30-10-6-11-31(25-30)45(46,47)48)17-19-43(41,54)27-49(26-33-12-8-22-55-33)38(52)44-21-20-42(5,39(53)56-44)40(44,2)3/h6,9-11,14,16,24-25,32-33,36,50,54H,7-8,12-13,15,17-23,26-27H2,1-5H3. The van der Waals surface area contributed by atoms with Crippen LogP contribution in [0.5, 0.6) is 0 Å². The Labute approximate surface area is 327 Å². The van der Waals surface area contributed by atoms with Gasteiger partial charge < -0.3 is 24.6 Å². The number of aliphatic hydroxyl groups is 2. The van der Waals surface area contributed by atoms with Crippen LogP contribution in [0.15, 0.2) is 54.1 Å². The number of ketones is 1. The van der Waals surface area contributed by atoms with Gasteiger partial charge in [-0.15, -0.1) is 0 Å². The average molecular weight is 780 g/mol. The fourth-order valence-electron chi connectivity index (χ4n) is 10.7. The molecule has 4 fully saturated rings. The summed E-state index contributed by atoms with van der Waals surface area (Å²) in [7, 11) is 0. The first-order valence-electron chi connectivity index (χ1n) is 20.3. The minimum atomic E-state index is -4.64. The second-order valence-electron chi connectivity index (χ2n) is 18.3. The van der Waals surface area contributed by atoms with E-state index in [0.717, 1.165) is 30.5 Å². The van der Waals surface area contributed by atoms with E-state index in [1.54, 1.807) is 11.0 Å². The van der Waals surface area contributed by atoms with E-state index in [-0.39, 0.29) is 55.0 Å². The van der Waals surface area contributed by atoms with Crippen LogP contribution in [0.3, 0.4) is 0 Å². The third-order valence-electron chi connectivity index (χ3n) is 15.0. The highest BCUT2D eigenvalue weighted by molar-refractivity contribution is 6.10. The molecule has 7 atom stereocenters. The van der Waals surface area contributed by atoms with E-state index < -0.39 is 57.0 Å². The van der Waals surface area contributed by atoms with Crippen molar-refractivity contribution in [2.75, 3.05) is 19.7 Å². The number of nitrogens with zero attached hydrogens (tertiary/aromatic N) is 1. The molecule has 2 saturated carbocycles. The Hall–Kier alpha value is -3.54. The number of amides is 1. The van der Waals surface area contributed by atoms with Gasteiger partial charge in [-0.3, -0.25) is 14.4 Å². The van der Waals surface area contributed by atoms with Crippen LogP contribution in [0, 0.1) is 16.2 Å². The Morgan fingerprint density at radius 2 is 1.75 bits per heavy atom. The van der Waals surface area contributed by atoms with Crippen LogP contribution >= 0.6 is 0 Å². The molecule has 0 spiro atoms. The van der Waals surface area contributed by atoms with Crippen molar-refractivity contribution < 1.29 is 47.2 Å². The molecule has 2 saturated heterocycles. The summed E-state index contributed by atoms with van der Waals surface area (Å²) in [5.41, 5.74) is -3.75. The van der Waals surface area contributed by atoms with Gasteiger partial charge in [0.1, 0.15) is 0 Å². The summed E-state index contributed by atoms with van der Waals surface area (Å²) in [5.74, 6) is -1.69. The lowest BCUT2D eigenvalue weighted by Gasteiger charge is -2.48. The third-order valence-corrected chi connectivity index (χ3v) is 15.0. The van der Waals surface area contributed by atoms with E-state index >= 15 is 4.79 Å². The molecule has 7 unspecified atom stereocenters. The number of aliphatic hydroxyl groups excluding tert-OH is 1. The molecule has 6 aliphatic rings. The molecule has 2 aromatic carbocycles. The third kappa shape index (κ3) is 6.63. The minimum Gasteiger partial charge on any atom is -0.448 e. The molecule has 2 N–H and O–H groups in total. The van der Waals surface area contributed by atoms with Crippen molar-refractivity contribution in [3.8, 4) is 0 Å². The van der Waals surface area contributed by atoms with Crippen molar-refractivity contribution in [3.05, 3.63) is 81.9 Å². The number of hydrogen-bond acceptors (Lipinski definition) is 7. The van der Waals surface area contributed by atoms with Gasteiger partial charge in [0, 0.05) is 35.1 Å². The van der Waals surface area contributed by atoms with E-state index in [1.807, 2.05) is 46.8 Å². The van der Waals surface area contributed by atoms with Crippen molar-refractivity contribution in [2.24, 2.45) is 16.2 Å². The zero-order chi connectivity index (χ0) is 40.5. The Balaban J connectivity index is 1.31. The Kier molecular flexibility index (Phi) is 10.4. The van der Waals surface area contributed by atoms with Gasteiger partial charge in [0.25, 0.3) is 5.91 Å². The number of benzene rings is 2. The van der Waals surface area contributed by atoms with Gasteiger partial charge in [-0.25, -0.2) is 0 Å². The molecule has 2 aliphatic heterocycles. The van der Waals surface area contributed by atoms with Crippen LogP contribution in [0.25, 0.3) is 0 Å². The fraction of sp³-hybridized carbons (Fsp3) is 0.622. The predicted octanol–water partition coefficient (Wildman–Crippen LogP) is 8.10. The molecule has 56 heavy (non-hydrogen) atoms. The summed E-state index contributed by atoms with van der Waals surface area (Å²) in [4.78, 5) is 44.5. The first-order chi connectivity index (χ1) is 26.2. The quantitative estimate of drug-likeness (QED) is 0.166. The minimum absolute atomic E-state index is 0.0470. The van der Waals surface area contributed by atoms with E-state index in [0.29, 0.717) is 62.7 Å². The lowest BCUT2D eigenvalue weighted by Crippen LogP contribution is -2.61. The lowest BCUT2D eigenvalue weighted by molar-refractivity contribution is -0.178. The number of carbonyl (C=O) groups excluding carboxylic acids is 3. The maximum absolute atomic E-state index is 15.1. The number of halogens is 3. The van der Waals surface area contributed by atoms with Gasteiger partial charge in [-0.05, 0) is 120 Å². The van der Waals surface area contributed by atoms with Gasteiger partial charge in [0.15, 0.2) is 11.4 Å². The SMILES string of the molecule is CC1=CCCC2(C)C(CCC2(O)CN(CC2CCCO2)C(=O)C23CCC(C)(C(=O)O2)C3(C)C)c2ccc(cc2C(=O)c2cccc(C(F)(F)F)c2)CC(O)CC1. The Morgan fingerprint density at radius 1 is 0.982 bits per heavy atom. The van der Waals surface area contributed by atoms with Crippen LogP contribution in [-0.4, -0.2) is 75.9 Å². The van der Waals surface area contributed by atoms with E-state index in [9.17, 15) is 33.0 Å². The van der Waals surface area contributed by atoms with Gasteiger partial charge >= 0.3 is 12.1 Å². The van der Waals surface area contributed by atoms with Crippen LogP contribution in [0.2, 0.25) is 0 Å². The fourth-order valence-corrected chi connectivity index (χ4v) is 10.7. The average Bonchev–Trinajstić information content (AvgIpc) is 3.84. The smallest absolute Gasteiger partial charge is 0.416 e. The summed E-state index contributed by atoms with van der Waals surface area (Å²) in [6, 6.07) is 9.86. The summed E-state index contributed by atoms with van der Waals surface area (Å²) in [5, 5.41) is 24.2. The zero-order valence-electron chi connectivity index (χ0n) is 33.3. The van der Waals surface area contributed by atoms with Gasteiger partial charge in [0.2, 0.25) is 0 Å². The second kappa shape index (κ2) is 14.4. The molecule has 304 valence electrons. The molecule has 2 aromatic rings. The zero-order valence-corrected chi connectivity index (χ0v) is 33.3. The van der Waals surface area contributed by atoms with Crippen LogP contribution in [-0.2, 0) is 31.7 Å². The summed E-state index contributed by atoms with van der Waals surface area (Å²) in [6.45, 7) is 10.5. The molecule has 4 bridgehead atoms. The topological polar surface area (TPSA) is 113 Å². The number of ether oxygens (including phenoxy) is 2. The molecule has 0 radical (unpaired) electrons. The number of hydrogen-bond donors (Lipinski definition) is 2. The first-order valence-corrected chi connectivity index (χ1v) is 20.3. The van der Waals surface area contributed by atoms with Crippen molar-refractivity contribution in [1.29, 1.82) is 0 Å². The molecule has 8 nitrogen and oxygen atoms in total. The number of esters is 1. The molecular formula is C45H56F3NO7. The largest absolute Gasteiger partial charge is 0.448 e. The Morgan fingerprint density at radius 3 is 2.41 bits per heavy atom. The maximum Gasteiger partial charge on any atom is 0.416 e. The van der Waals surface area contributed by atoms with E-state index in [2.05, 4.69) is 6.08 Å². The lowest BCUT2D eigenvalue weighted by atomic mass is 9.64. The van der Waals surface area contributed by atoms with Crippen molar-refractivity contribution in [2.45, 2.75) is 141 Å². The van der Waals surface area contributed by atoms with E-state index in [4.69, 9.17) is 9.47 Å². The molecular weight excluding hydrogens is 723 g/mol. The maximum atomic E-state index is 15.1. The van der Waals surface area contributed by atoms with Crippen LogP contribution in [0.4, 0.5) is 13.2 Å². The summed E-state index contributed by atoms with van der Waals surface area (Å²) >= 11 is 0. The van der Waals surface area contributed by atoms with Crippen molar-refractivity contribution >= 4 is 17.7 Å². The second-order valence-corrected chi connectivity index (χ2v) is 18.3. The highest BCUT2D eigenvalue weighted by Gasteiger charge is 2.76. The highest BCUT2D eigenvalue weighted by Crippen LogP contribution is 2.66. The highest BCUT2D eigenvalue weighted by atomic mass is 19.4. The molecule has 8 rings (SSSR count). The molecule has 4 aliphatic carbocycles. The normalized spacial score (nSPS) is 34.1. The molecule has 1 amide bonds. The van der Waals surface area contributed by atoms with Crippen molar-refractivity contribution in [1.82, 2.24) is 4.90 Å². The van der Waals surface area contributed by atoms with Gasteiger partial charge in [-0.1, -0.05) is 56.7 Å². The number of allylic oxidation sites excluding steroid dienone is 2. The molecule has 11 heteroatoms. The van der Waals surface area contributed by atoms with Gasteiger partial charge in [0.05, 0.1) is 35.3 Å². The summed E-state index contributed by atoms with van der Waals surface area (Å²) < 4.78 is 53.6. The van der Waals surface area contributed by atoms with Crippen LogP contribution in [0.1, 0.15) is 137 Å². The molecule has 2 heterocycles. The number of rotatable bonds is 7. The van der Waals surface area contributed by atoms with Crippen LogP contribution < -0.4 is 0 Å². The van der Waals surface area contributed by atoms with Gasteiger partial charge in [-0.2, -0.15) is 13.2 Å². The number of alkyl halides is 3. The monoisotopic (exact) mass is 779 g/mol. The Bertz CT molecular complexity index is 1920. The first kappa shape index (κ1) is 40.6. The summed E-state index contributed by atoms with van der Waals surface area (Å²) in [6.07, 6.45) is 2.29. The molecule has 0 aromatic heterocycles. The predicted molar refractivity (Wildman–Crippen MR) is 204 cm³/mol. The number of fused-ring (bicyclic) bond motifs is 10. The number of carbonyl (C=O) groups is 3.